The van der Waals surface area contributed by atoms with E-state index in [1.807, 2.05) is 31.2 Å². The minimum atomic E-state index is -3.88. The zero-order chi connectivity index (χ0) is 14.0. The molecule has 2 rings (SSSR count). The standard InChI is InChI=1S/C12H14ClN3O2S/c1-3-9-5-7-10(8-6-9)11-14-15-12(16(11)4-2)19(13,17)18/h5-8H,3-4H2,1-2H3. The topological polar surface area (TPSA) is 64.8 Å². The van der Waals surface area contributed by atoms with Crippen molar-refractivity contribution in [2.45, 2.75) is 32.0 Å². The van der Waals surface area contributed by atoms with E-state index in [9.17, 15) is 8.42 Å². The van der Waals surface area contributed by atoms with Crippen LogP contribution in [0, 0.1) is 0 Å². The average molecular weight is 300 g/mol. The molecule has 0 radical (unpaired) electrons. The number of halogens is 1. The third-order valence-electron chi connectivity index (χ3n) is 2.87. The molecule has 0 aliphatic rings. The number of rotatable bonds is 4. The van der Waals surface area contributed by atoms with Crippen LogP contribution >= 0.6 is 10.7 Å². The molecule has 0 aliphatic carbocycles. The molecule has 0 bridgehead atoms. The summed E-state index contributed by atoms with van der Waals surface area (Å²) in [5.41, 5.74) is 2.02. The van der Waals surface area contributed by atoms with E-state index in [-0.39, 0.29) is 5.16 Å². The van der Waals surface area contributed by atoms with Gasteiger partial charge in [0, 0.05) is 22.8 Å². The normalized spacial score (nSPS) is 11.7. The van der Waals surface area contributed by atoms with Gasteiger partial charge in [-0.3, -0.25) is 4.57 Å². The van der Waals surface area contributed by atoms with Crippen LogP contribution in [-0.2, 0) is 22.0 Å². The van der Waals surface area contributed by atoms with Crippen LogP contribution in [0.1, 0.15) is 19.4 Å². The van der Waals surface area contributed by atoms with E-state index in [4.69, 9.17) is 10.7 Å². The Balaban J connectivity index is 2.53. The van der Waals surface area contributed by atoms with Crippen molar-refractivity contribution in [3.8, 4) is 11.4 Å². The maximum Gasteiger partial charge on any atom is 0.296 e. The number of hydrogen-bond donors (Lipinski definition) is 0. The summed E-state index contributed by atoms with van der Waals surface area (Å²) in [5.74, 6) is 0.504. The molecule has 2 aromatic rings. The minimum absolute atomic E-state index is 0.216. The van der Waals surface area contributed by atoms with Gasteiger partial charge < -0.3 is 0 Å². The summed E-state index contributed by atoms with van der Waals surface area (Å²) in [6, 6.07) is 7.77. The Morgan fingerprint density at radius 2 is 1.79 bits per heavy atom. The fourth-order valence-electron chi connectivity index (χ4n) is 1.86. The summed E-state index contributed by atoms with van der Waals surface area (Å²) in [7, 11) is 1.46. The number of benzene rings is 1. The van der Waals surface area contributed by atoms with Gasteiger partial charge >= 0.3 is 0 Å². The van der Waals surface area contributed by atoms with Crippen molar-refractivity contribution >= 4 is 19.7 Å². The monoisotopic (exact) mass is 299 g/mol. The van der Waals surface area contributed by atoms with E-state index in [1.54, 1.807) is 0 Å². The zero-order valence-corrected chi connectivity index (χ0v) is 12.2. The maximum absolute atomic E-state index is 11.4. The number of nitrogens with zero attached hydrogens (tertiary/aromatic N) is 3. The predicted octanol–water partition coefficient (Wildman–Crippen LogP) is 2.45. The van der Waals surface area contributed by atoms with Crippen LogP contribution in [0.3, 0.4) is 0 Å². The van der Waals surface area contributed by atoms with Crippen molar-refractivity contribution in [3.63, 3.8) is 0 Å². The molecule has 5 nitrogen and oxygen atoms in total. The first-order valence-electron chi connectivity index (χ1n) is 5.94. The van der Waals surface area contributed by atoms with E-state index in [1.165, 1.54) is 10.1 Å². The Kier molecular flexibility index (Phi) is 3.91. The lowest BCUT2D eigenvalue weighted by atomic mass is 10.1. The lowest BCUT2D eigenvalue weighted by molar-refractivity contribution is 0.583. The van der Waals surface area contributed by atoms with Crippen LogP contribution in [-0.4, -0.2) is 23.2 Å². The molecule has 0 N–H and O–H groups in total. The Bertz CT molecular complexity index is 678. The van der Waals surface area contributed by atoms with E-state index in [0.29, 0.717) is 12.4 Å². The highest BCUT2D eigenvalue weighted by atomic mass is 35.7. The molecule has 0 fully saturated rings. The Morgan fingerprint density at radius 1 is 1.16 bits per heavy atom. The number of aryl methyl sites for hydroxylation is 1. The molecule has 0 saturated carbocycles. The average Bonchev–Trinajstić information content (AvgIpc) is 2.82. The molecule has 1 aromatic carbocycles. The minimum Gasteiger partial charge on any atom is -0.297 e. The van der Waals surface area contributed by atoms with Crippen molar-refractivity contribution in [2.24, 2.45) is 0 Å². The molecule has 0 amide bonds. The van der Waals surface area contributed by atoms with Crippen molar-refractivity contribution in [2.75, 3.05) is 0 Å². The first kappa shape index (κ1) is 14.0. The first-order valence-corrected chi connectivity index (χ1v) is 8.25. The highest BCUT2D eigenvalue weighted by Gasteiger charge is 2.22. The summed E-state index contributed by atoms with van der Waals surface area (Å²) in [6.07, 6.45) is 0.946. The first-order chi connectivity index (χ1) is 8.97. The van der Waals surface area contributed by atoms with E-state index in [0.717, 1.165) is 12.0 Å². The third kappa shape index (κ3) is 2.79. The zero-order valence-electron chi connectivity index (χ0n) is 10.7. The molecule has 7 heteroatoms. The van der Waals surface area contributed by atoms with E-state index in [2.05, 4.69) is 17.1 Å². The summed E-state index contributed by atoms with van der Waals surface area (Å²) in [6.45, 7) is 4.32. The molecule has 102 valence electrons. The lowest BCUT2D eigenvalue weighted by Crippen LogP contribution is -2.06. The summed E-state index contributed by atoms with van der Waals surface area (Å²) < 4.78 is 24.3. The highest BCUT2D eigenvalue weighted by molar-refractivity contribution is 8.13. The third-order valence-corrected chi connectivity index (χ3v) is 4.02. The lowest BCUT2D eigenvalue weighted by Gasteiger charge is -2.06. The largest absolute Gasteiger partial charge is 0.297 e. The summed E-state index contributed by atoms with van der Waals surface area (Å²) in [5, 5.41) is 7.38. The summed E-state index contributed by atoms with van der Waals surface area (Å²) >= 11 is 0. The van der Waals surface area contributed by atoms with Gasteiger partial charge in [0.25, 0.3) is 14.2 Å². The van der Waals surface area contributed by atoms with Crippen molar-refractivity contribution in [1.29, 1.82) is 0 Å². The van der Waals surface area contributed by atoms with Crippen LogP contribution in [0.2, 0.25) is 0 Å². The summed E-state index contributed by atoms with van der Waals surface area (Å²) in [4.78, 5) is 0. The van der Waals surface area contributed by atoms with E-state index >= 15 is 0 Å². The Hall–Kier alpha value is -1.40. The molecule has 0 unspecified atom stereocenters. The SMILES string of the molecule is CCc1ccc(-c2nnc(S(=O)(=O)Cl)n2CC)cc1. The van der Waals surface area contributed by atoms with Gasteiger partial charge in [0.05, 0.1) is 0 Å². The number of aromatic nitrogens is 3. The van der Waals surface area contributed by atoms with Gasteiger partial charge in [-0.25, -0.2) is 8.42 Å². The van der Waals surface area contributed by atoms with Crippen molar-refractivity contribution in [1.82, 2.24) is 14.8 Å². The van der Waals surface area contributed by atoms with Crippen molar-refractivity contribution < 1.29 is 8.42 Å². The molecule has 0 spiro atoms. The predicted molar refractivity (Wildman–Crippen MR) is 73.5 cm³/mol. The Morgan fingerprint density at radius 3 is 2.26 bits per heavy atom. The second kappa shape index (κ2) is 5.30. The fourth-order valence-corrected chi connectivity index (χ4v) is 2.82. The van der Waals surface area contributed by atoms with Crippen LogP contribution in [0.15, 0.2) is 29.4 Å². The molecule has 0 aliphatic heterocycles. The van der Waals surface area contributed by atoms with Crippen LogP contribution in [0.5, 0.6) is 0 Å². The van der Waals surface area contributed by atoms with Gasteiger partial charge in [0.15, 0.2) is 5.82 Å². The molecular weight excluding hydrogens is 286 g/mol. The van der Waals surface area contributed by atoms with Crippen LogP contribution < -0.4 is 0 Å². The van der Waals surface area contributed by atoms with Gasteiger partial charge in [0.2, 0.25) is 0 Å². The second-order valence-electron chi connectivity index (χ2n) is 4.04. The second-order valence-corrected chi connectivity index (χ2v) is 6.50. The van der Waals surface area contributed by atoms with Crippen molar-refractivity contribution in [3.05, 3.63) is 29.8 Å². The van der Waals surface area contributed by atoms with Crippen LogP contribution in [0.25, 0.3) is 11.4 Å². The van der Waals surface area contributed by atoms with Gasteiger partial charge in [-0.1, -0.05) is 31.2 Å². The smallest absolute Gasteiger partial charge is 0.296 e. The fraction of sp³-hybridized carbons (Fsp3) is 0.333. The maximum atomic E-state index is 11.4. The van der Waals surface area contributed by atoms with Gasteiger partial charge in [0.1, 0.15) is 0 Å². The Labute approximate surface area is 116 Å². The van der Waals surface area contributed by atoms with Gasteiger partial charge in [-0.05, 0) is 18.9 Å². The quantitative estimate of drug-likeness (QED) is 0.814. The number of hydrogen-bond acceptors (Lipinski definition) is 4. The molecule has 1 heterocycles. The molecule has 19 heavy (non-hydrogen) atoms. The molecule has 0 atom stereocenters. The van der Waals surface area contributed by atoms with Gasteiger partial charge in [-0.15, -0.1) is 10.2 Å². The molecule has 1 aromatic heterocycles. The molecule has 0 saturated heterocycles. The molecular formula is C12H14ClN3O2S. The van der Waals surface area contributed by atoms with Crippen LogP contribution in [0.4, 0.5) is 0 Å². The van der Waals surface area contributed by atoms with Gasteiger partial charge in [-0.2, -0.15) is 0 Å². The highest BCUT2D eigenvalue weighted by Crippen LogP contribution is 2.22. The van der Waals surface area contributed by atoms with E-state index < -0.39 is 9.05 Å².